The summed E-state index contributed by atoms with van der Waals surface area (Å²) < 4.78 is 10.5. The first kappa shape index (κ1) is 11.1. The van der Waals surface area contributed by atoms with Crippen molar-refractivity contribution in [2.45, 2.75) is 26.1 Å². The molecule has 0 N–H and O–H groups in total. The highest BCUT2D eigenvalue weighted by molar-refractivity contribution is 5.78. The van der Waals surface area contributed by atoms with E-state index in [4.69, 9.17) is 9.47 Å². The van der Waals surface area contributed by atoms with E-state index >= 15 is 0 Å². The van der Waals surface area contributed by atoms with E-state index in [9.17, 15) is 4.79 Å². The van der Waals surface area contributed by atoms with Crippen LogP contribution in [-0.2, 0) is 20.9 Å². The predicted octanol–water partition coefficient (Wildman–Crippen LogP) is 2.15. The van der Waals surface area contributed by atoms with Gasteiger partial charge < -0.3 is 9.47 Å². The molecular formula is C13H16O3. The van der Waals surface area contributed by atoms with Crippen molar-refractivity contribution < 1.29 is 14.3 Å². The van der Waals surface area contributed by atoms with Gasteiger partial charge >= 0.3 is 5.97 Å². The number of carbonyl (C=O) groups excluding carboxylic acids is 1. The van der Waals surface area contributed by atoms with Crippen molar-refractivity contribution in [2.24, 2.45) is 5.92 Å². The summed E-state index contributed by atoms with van der Waals surface area (Å²) in [4.78, 5) is 11.0. The fourth-order valence-electron chi connectivity index (χ4n) is 1.85. The highest BCUT2D eigenvalue weighted by Crippen LogP contribution is 2.25. The van der Waals surface area contributed by atoms with Gasteiger partial charge in [-0.25, -0.2) is 0 Å². The highest BCUT2D eigenvalue weighted by atomic mass is 16.6. The number of hydrogen-bond acceptors (Lipinski definition) is 3. The first-order chi connectivity index (χ1) is 7.81. The molecule has 1 fully saturated rings. The summed E-state index contributed by atoms with van der Waals surface area (Å²) in [5.74, 6) is -0.0495. The van der Waals surface area contributed by atoms with E-state index in [0.717, 1.165) is 12.0 Å². The SMILES string of the molecule is CC[C@H]1C(=O)O[C@H]1COCc1ccccc1. The van der Waals surface area contributed by atoms with Crippen LogP contribution in [0.4, 0.5) is 0 Å². The zero-order valence-electron chi connectivity index (χ0n) is 9.39. The zero-order valence-corrected chi connectivity index (χ0v) is 9.39. The third kappa shape index (κ3) is 2.42. The number of carbonyl (C=O) groups is 1. The third-order valence-electron chi connectivity index (χ3n) is 2.85. The third-order valence-corrected chi connectivity index (χ3v) is 2.85. The highest BCUT2D eigenvalue weighted by Gasteiger charge is 2.40. The van der Waals surface area contributed by atoms with Crippen molar-refractivity contribution in [2.75, 3.05) is 6.61 Å². The molecule has 1 aliphatic rings. The van der Waals surface area contributed by atoms with Gasteiger partial charge in [-0.2, -0.15) is 0 Å². The van der Waals surface area contributed by atoms with Gasteiger partial charge in [-0.15, -0.1) is 0 Å². The molecular weight excluding hydrogens is 204 g/mol. The molecule has 0 radical (unpaired) electrons. The van der Waals surface area contributed by atoms with E-state index in [1.54, 1.807) is 0 Å². The van der Waals surface area contributed by atoms with E-state index < -0.39 is 0 Å². The molecule has 0 aromatic heterocycles. The number of benzene rings is 1. The Kier molecular flexibility index (Phi) is 3.57. The minimum Gasteiger partial charge on any atom is -0.459 e. The van der Waals surface area contributed by atoms with Crippen molar-refractivity contribution >= 4 is 5.97 Å². The van der Waals surface area contributed by atoms with Crippen molar-refractivity contribution in [3.8, 4) is 0 Å². The minimum absolute atomic E-state index is 0.0378. The number of esters is 1. The summed E-state index contributed by atoms with van der Waals surface area (Å²) in [6.07, 6.45) is 0.791. The Morgan fingerprint density at radius 1 is 1.31 bits per heavy atom. The summed E-state index contributed by atoms with van der Waals surface area (Å²) in [6, 6.07) is 9.98. The van der Waals surface area contributed by atoms with Crippen LogP contribution in [0.15, 0.2) is 30.3 Å². The minimum atomic E-state index is -0.0872. The van der Waals surface area contributed by atoms with Crippen LogP contribution in [-0.4, -0.2) is 18.7 Å². The topological polar surface area (TPSA) is 35.5 Å². The summed E-state index contributed by atoms with van der Waals surface area (Å²) >= 11 is 0. The molecule has 0 amide bonds. The summed E-state index contributed by atoms with van der Waals surface area (Å²) in [6.45, 7) is 3.07. The van der Waals surface area contributed by atoms with Crippen LogP contribution >= 0.6 is 0 Å². The van der Waals surface area contributed by atoms with Gasteiger partial charge in [0.05, 0.1) is 19.1 Å². The number of hydrogen-bond donors (Lipinski definition) is 0. The maximum absolute atomic E-state index is 11.0. The molecule has 1 heterocycles. The smallest absolute Gasteiger partial charge is 0.313 e. The molecule has 1 saturated heterocycles. The van der Waals surface area contributed by atoms with E-state index in [1.807, 2.05) is 37.3 Å². The number of cyclic esters (lactones) is 1. The van der Waals surface area contributed by atoms with E-state index in [0.29, 0.717) is 13.2 Å². The Morgan fingerprint density at radius 3 is 2.69 bits per heavy atom. The van der Waals surface area contributed by atoms with Crippen molar-refractivity contribution in [3.05, 3.63) is 35.9 Å². The van der Waals surface area contributed by atoms with Crippen LogP contribution in [0, 0.1) is 5.92 Å². The van der Waals surface area contributed by atoms with Gasteiger partial charge in [-0.05, 0) is 12.0 Å². The van der Waals surface area contributed by atoms with Crippen molar-refractivity contribution in [1.29, 1.82) is 0 Å². The van der Waals surface area contributed by atoms with Gasteiger partial charge in [-0.3, -0.25) is 4.79 Å². The standard InChI is InChI=1S/C13H16O3/c1-2-11-12(16-13(11)14)9-15-8-10-6-4-3-5-7-10/h3-7,11-12H,2,8-9H2,1H3/t11-,12+/m1/s1. The van der Waals surface area contributed by atoms with Crippen LogP contribution < -0.4 is 0 Å². The second-order valence-corrected chi connectivity index (χ2v) is 3.99. The molecule has 0 saturated carbocycles. The number of ether oxygens (including phenoxy) is 2. The molecule has 0 unspecified atom stereocenters. The lowest BCUT2D eigenvalue weighted by Gasteiger charge is -2.34. The zero-order chi connectivity index (χ0) is 11.4. The second kappa shape index (κ2) is 5.12. The maximum Gasteiger partial charge on any atom is 0.313 e. The Morgan fingerprint density at radius 2 is 2.06 bits per heavy atom. The molecule has 0 spiro atoms. The summed E-state index contributed by atoms with van der Waals surface area (Å²) in [7, 11) is 0. The monoisotopic (exact) mass is 220 g/mol. The molecule has 0 bridgehead atoms. The molecule has 1 aromatic carbocycles. The first-order valence-corrected chi connectivity index (χ1v) is 5.63. The fourth-order valence-corrected chi connectivity index (χ4v) is 1.85. The molecule has 1 aromatic rings. The normalized spacial score (nSPS) is 23.7. The predicted molar refractivity (Wildman–Crippen MR) is 59.8 cm³/mol. The van der Waals surface area contributed by atoms with Crippen molar-refractivity contribution in [3.63, 3.8) is 0 Å². The second-order valence-electron chi connectivity index (χ2n) is 3.99. The lowest BCUT2D eigenvalue weighted by atomic mass is 9.95. The van der Waals surface area contributed by atoms with Crippen LogP contribution in [0.3, 0.4) is 0 Å². The molecule has 16 heavy (non-hydrogen) atoms. The van der Waals surface area contributed by atoms with Crippen LogP contribution in [0.1, 0.15) is 18.9 Å². The lowest BCUT2D eigenvalue weighted by Crippen LogP contribution is -2.47. The molecule has 3 heteroatoms. The van der Waals surface area contributed by atoms with E-state index in [1.165, 1.54) is 0 Å². The average Bonchev–Trinajstić information content (AvgIpc) is 2.29. The maximum atomic E-state index is 11.0. The van der Waals surface area contributed by atoms with Gasteiger partial charge in [0.15, 0.2) is 0 Å². The molecule has 86 valence electrons. The Balaban J connectivity index is 1.71. The molecule has 0 aliphatic carbocycles. The van der Waals surface area contributed by atoms with Gasteiger partial charge in [-0.1, -0.05) is 37.3 Å². The fraction of sp³-hybridized carbons (Fsp3) is 0.462. The Labute approximate surface area is 95.4 Å². The average molecular weight is 220 g/mol. The molecule has 1 aliphatic heterocycles. The largest absolute Gasteiger partial charge is 0.459 e. The summed E-state index contributed by atoms with van der Waals surface area (Å²) in [5.41, 5.74) is 1.14. The van der Waals surface area contributed by atoms with Crippen LogP contribution in [0.2, 0.25) is 0 Å². The van der Waals surface area contributed by atoms with Crippen LogP contribution in [0.25, 0.3) is 0 Å². The quantitative estimate of drug-likeness (QED) is 0.713. The molecule has 2 atom stereocenters. The van der Waals surface area contributed by atoms with Gasteiger partial charge in [0.2, 0.25) is 0 Å². The first-order valence-electron chi connectivity index (χ1n) is 5.63. The van der Waals surface area contributed by atoms with E-state index in [2.05, 4.69) is 0 Å². The van der Waals surface area contributed by atoms with E-state index in [-0.39, 0.29) is 18.0 Å². The Hall–Kier alpha value is -1.35. The Bertz CT molecular complexity index is 347. The number of rotatable bonds is 5. The van der Waals surface area contributed by atoms with Gasteiger partial charge in [0, 0.05) is 0 Å². The molecule has 3 nitrogen and oxygen atoms in total. The molecule has 2 rings (SSSR count). The summed E-state index contributed by atoms with van der Waals surface area (Å²) in [5, 5.41) is 0. The van der Waals surface area contributed by atoms with Crippen LogP contribution in [0.5, 0.6) is 0 Å². The van der Waals surface area contributed by atoms with Gasteiger partial charge in [0.1, 0.15) is 6.10 Å². The van der Waals surface area contributed by atoms with Crippen molar-refractivity contribution in [1.82, 2.24) is 0 Å². The lowest BCUT2D eigenvalue weighted by molar-refractivity contribution is -0.192. The van der Waals surface area contributed by atoms with Gasteiger partial charge in [0.25, 0.3) is 0 Å².